The van der Waals surface area contributed by atoms with Gasteiger partial charge in [0.2, 0.25) is 0 Å². The Hall–Kier alpha value is -2.50. The molecule has 0 saturated carbocycles. The molecule has 0 bridgehead atoms. The second kappa shape index (κ2) is 8.25. The van der Waals surface area contributed by atoms with Crippen molar-refractivity contribution in [3.63, 3.8) is 0 Å². The standard InChI is InChI=1S/C22H31N5O/c1-16(2)12-23-22(28)26-8-5-17(6-9-26)15-27-10-7-19-11-18(3-4-21(19)27)20-13-24-25-14-20/h3-4,11,13-14,16-17H,5-10,12,15H2,1-2H3,(H,23,28)(H,24,25). The molecule has 2 aromatic rings. The molecule has 6 heteroatoms. The number of benzene rings is 1. The lowest BCUT2D eigenvalue weighted by Crippen LogP contribution is -2.46. The van der Waals surface area contributed by atoms with Crippen LogP contribution in [-0.4, -0.2) is 53.9 Å². The first-order chi connectivity index (χ1) is 13.6. The van der Waals surface area contributed by atoms with E-state index in [0.29, 0.717) is 11.8 Å². The minimum Gasteiger partial charge on any atom is -0.371 e. The van der Waals surface area contributed by atoms with Gasteiger partial charge < -0.3 is 15.1 Å². The maximum absolute atomic E-state index is 12.2. The van der Waals surface area contributed by atoms with Gasteiger partial charge in [-0.1, -0.05) is 19.9 Å². The Bertz CT molecular complexity index is 793. The average Bonchev–Trinajstić information content (AvgIpc) is 3.37. The Morgan fingerprint density at radius 2 is 2.07 bits per heavy atom. The number of rotatable bonds is 5. The summed E-state index contributed by atoms with van der Waals surface area (Å²) in [5, 5.41) is 9.99. The Morgan fingerprint density at radius 1 is 1.25 bits per heavy atom. The molecule has 0 aliphatic carbocycles. The summed E-state index contributed by atoms with van der Waals surface area (Å²) in [5.41, 5.74) is 5.19. The normalized spacial score (nSPS) is 17.2. The largest absolute Gasteiger partial charge is 0.371 e. The topological polar surface area (TPSA) is 64.3 Å². The van der Waals surface area contributed by atoms with Gasteiger partial charge in [-0.3, -0.25) is 5.10 Å². The highest BCUT2D eigenvalue weighted by molar-refractivity contribution is 5.74. The van der Waals surface area contributed by atoms with Crippen LogP contribution in [0.2, 0.25) is 0 Å². The van der Waals surface area contributed by atoms with Crippen molar-refractivity contribution >= 4 is 11.7 Å². The first-order valence-corrected chi connectivity index (χ1v) is 10.5. The van der Waals surface area contributed by atoms with Crippen LogP contribution in [-0.2, 0) is 6.42 Å². The maximum atomic E-state index is 12.2. The van der Waals surface area contributed by atoms with Crippen molar-refractivity contribution in [2.45, 2.75) is 33.1 Å². The summed E-state index contributed by atoms with van der Waals surface area (Å²) in [6, 6.07) is 6.87. The molecule has 6 nitrogen and oxygen atoms in total. The number of anilines is 1. The summed E-state index contributed by atoms with van der Waals surface area (Å²) in [5.74, 6) is 1.15. The lowest BCUT2D eigenvalue weighted by atomic mass is 9.96. The van der Waals surface area contributed by atoms with E-state index < -0.39 is 0 Å². The first kappa shape index (κ1) is 18.8. The van der Waals surface area contributed by atoms with E-state index in [1.165, 1.54) is 16.8 Å². The molecule has 4 rings (SSSR count). The molecular weight excluding hydrogens is 350 g/mol. The van der Waals surface area contributed by atoms with Gasteiger partial charge in [0.05, 0.1) is 6.20 Å². The number of carbonyl (C=O) groups excluding carboxylic acids is 1. The van der Waals surface area contributed by atoms with Crippen molar-refractivity contribution in [2.75, 3.05) is 37.6 Å². The van der Waals surface area contributed by atoms with Gasteiger partial charge in [0, 0.05) is 50.2 Å². The van der Waals surface area contributed by atoms with Crippen LogP contribution in [0.1, 0.15) is 32.3 Å². The number of aromatic nitrogens is 2. The summed E-state index contributed by atoms with van der Waals surface area (Å²) < 4.78 is 0. The first-order valence-electron chi connectivity index (χ1n) is 10.5. The van der Waals surface area contributed by atoms with Gasteiger partial charge >= 0.3 is 6.03 Å². The molecule has 3 heterocycles. The van der Waals surface area contributed by atoms with Gasteiger partial charge in [0.1, 0.15) is 0 Å². The van der Waals surface area contributed by atoms with Gasteiger partial charge in [-0.05, 0) is 54.4 Å². The van der Waals surface area contributed by atoms with E-state index in [9.17, 15) is 4.79 Å². The van der Waals surface area contributed by atoms with Crippen LogP contribution in [0.25, 0.3) is 11.1 Å². The number of likely N-dealkylation sites (tertiary alicyclic amines) is 1. The summed E-state index contributed by atoms with van der Waals surface area (Å²) in [6.07, 6.45) is 7.11. The highest BCUT2D eigenvalue weighted by Crippen LogP contribution is 2.33. The molecule has 2 amide bonds. The van der Waals surface area contributed by atoms with Crippen molar-refractivity contribution in [1.29, 1.82) is 0 Å². The summed E-state index contributed by atoms with van der Waals surface area (Å²) in [7, 11) is 0. The van der Waals surface area contributed by atoms with Crippen molar-refractivity contribution in [1.82, 2.24) is 20.4 Å². The van der Waals surface area contributed by atoms with Crippen LogP contribution in [0.5, 0.6) is 0 Å². The van der Waals surface area contributed by atoms with E-state index in [4.69, 9.17) is 0 Å². The van der Waals surface area contributed by atoms with Crippen molar-refractivity contribution in [3.8, 4) is 11.1 Å². The summed E-state index contributed by atoms with van der Waals surface area (Å²) >= 11 is 0. The number of fused-ring (bicyclic) bond motifs is 1. The fraction of sp³-hybridized carbons (Fsp3) is 0.545. The fourth-order valence-corrected chi connectivity index (χ4v) is 4.28. The van der Waals surface area contributed by atoms with E-state index in [1.807, 2.05) is 17.3 Å². The third kappa shape index (κ3) is 4.16. The molecule has 2 aliphatic rings. The molecule has 0 spiro atoms. The highest BCUT2D eigenvalue weighted by Gasteiger charge is 2.27. The van der Waals surface area contributed by atoms with Crippen molar-refractivity contribution in [3.05, 3.63) is 36.2 Å². The zero-order valence-corrected chi connectivity index (χ0v) is 16.9. The monoisotopic (exact) mass is 381 g/mol. The molecule has 0 atom stereocenters. The van der Waals surface area contributed by atoms with Crippen LogP contribution >= 0.6 is 0 Å². The molecule has 1 fully saturated rings. The van der Waals surface area contributed by atoms with Gasteiger partial charge in [0.15, 0.2) is 0 Å². The Balaban J connectivity index is 1.31. The SMILES string of the molecule is CC(C)CNC(=O)N1CCC(CN2CCc3cc(-c4cn[nH]c4)ccc32)CC1. The average molecular weight is 382 g/mol. The van der Waals surface area contributed by atoms with Gasteiger partial charge in [0.25, 0.3) is 0 Å². The third-order valence-electron chi connectivity index (χ3n) is 5.94. The summed E-state index contributed by atoms with van der Waals surface area (Å²) in [4.78, 5) is 16.8. The minimum absolute atomic E-state index is 0.102. The highest BCUT2D eigenvalue weighted by atomic mass is 16.2. The smallest absolute Gasteiger partial charge is 0.317 e. The van der Waals surface area contributed by atoms with E-state index in [2.05, 4.69) is 52.5 Å². The van der Waals surface area contributed by atoms with Gasteiger partial charge in [-0.25, -0.2) is 4.79 Å². The molecule has 2 aliphatic heterocycles. The number of amides is 2. The molecule has 1 aromatic carbocycles. The Kier molecular flexibility index (Phi) is 5.55. The van der Waals surface area contributed by atoms with E-state index >= 15 is 0 Å². The zero-order chi connectivity index (χ0) is 19.5. The van der Waals surface area contributed by atoms with Crippen LogP contribution in [0.4, 0.5) is 10.5 Å². The molecule has 1 saturated heterocycles. The van der Waals surface area contributed by atoms with E-state index in [1.54, 1.807) is 0 Å². The quantitative estimate of drug-likeness (QED) is 0.833. The number of hydrogen-bond acceptors (Lipinski definition) is 3. The molecule has 0 radical (unpaired) electrons. The number of hydrogen-bond donors (Lipinski definition) is 2. The fourth-order valence-electron chi connectivity index (χ4n) is 4.28. The third-order valence-corrected chi connectivity index (χ3v) is 5.94. The second-order valence-corrected chi connectivity index (χ2v) is 8.54. The Morgan fingerprint density at radius 3 is 2.79 bits per heavy atom. The van der Waals surface area contributed by atoms with Crippen LogP contribution in [0, 0.1) is 11.8 Å². The molecule has 2 N–H and O–H groups in total. The minimum atomic E-state index is 0.102. The number of piperidine rings is 1. The van der Waals surface area contributed by atoms with Crippen molar-refractivity contribution < 1.29 is 4.79 Å². The predicted molar refractivity (Wildman–Crippen MR) is 112 cm³/mol. The molecule has 150 valence electrons. The number of nitrogens with zero attached hydrogens (tertiary/aromatic N) is 3. The van der Waals surface area contributed by atoms with Gasteiger partial charge in [-0.2, -0.15) is 5.10 Å². The lowest BCUT2D eigenvalue weighted by molar-refractivity contribution is 0.170. The number of H-pyrrole nitrogens is 1. The number of nitrogens with one attached hydrogen (secondary N) is 2. The van der Waals surface area contributed by atoms with Crippen LogP contribution in [0.15, 0.2) is 30.6 Å². The maximum Gasteiger partial charge on any atom is 0.317 e. The van der Waals surface area contributed by atoms with Crippen molar-refractivity contribution in [2.24, 2.45) is 11.8 Å². The van der Waals surface area contributed by atoms with Crippen LogP contribution in [0.3, 0.4) is 0 Å². The molecular formula is C22H31N5O. The van der Waals surface area contributed by atoms with Gasteiger partial charge in [-0.15, -0.1) is 0 Å². The number of urea groups is 1. The zero-order valence-electron chi connectivity index (χ0n) is 16.9. The molecule has 28 heavy (non-hydrogen) atoms. The number of carbonyl (C=O) groups is 1. The van der Waals surface area contributed by atoms with E-state index in [0.717, 1.165) is 57.5 Å². The second-order valence-electron chi connectivity index (χ2n) is 8.54. The van der Waals surface area contributed by atoms with Crippen LogP contribution < -0.4 is 10.2 Å². The molecule has 0 unspecified atom stereocenters. The predicted octanol–water partition coefficient (Wildman–Crippen LogP) is 3.52. The molecule has 1 aromatic heterocycles. The van der Waals surface area contributed by atoms with E-state index in [-0.39, 0.29) is 6.03 Å². The number of aromatic amines is 1. The summed E-state index contributed by atoms with van der Waals surface area (Å²) in [6.45, 7) is 8.93. The lowest BCUT2D eigenvalue weighted by Gasteiger charge is -2.34. The Labute approximate surface area is 167 Å².